The van der Waals surface area contributed by atoms with Gasteiger partial charge in [0.1, 0.15) is 6.23 Å². The Balaban J connectivity index is 1.97. The third-order valence-electron chi connectivity index (χ3n) is 3.70. The van der Waals surface area contributed by atoms with Gasteiger partial charge in [-0.3, -0.25) is 4.79 Å². The van der Waals surface area contributed by atoms with E-state index in [0.29, 0.717) is 0 Å². The highest BCUT2D eigenvalue weighted by Gasteiger charge is 2.13. The highest BCUT2D eigenvalue weighted by Crippen LogP contribution is 2.21. The number of nitrogens with one attached hydrogen (secondary N) is 1. The quantitative estimate of drug-likeness (QED) is 0.753. The van der Waals surface area contributed by atoms with E-state index in [-0.39, 0.29) is 5.56 Å². The van der Waals surface area contributed by atoms with E-state index in [1.165, 1.54) is 25.7 Å². The summed E-state index contributed by atoms with van der Waals surface area (Å²) in [5.41, 5.74) is 1.72. The maximum atomic E-state index is 12.0. The molecule has 0 fully saturated rings. The Morgan fingerprint density at radius 2 is 1.95 bits per heavy atom. The van der Waals surface area contributed by atoms with Gasteiger partial charge in [-0.1, -0.05) is 39.0 Å². The molecule has 20 heavy (non-hydrogen) atoms. The minimum Gasteiger partial charge on any atom is -0.370 e. The molecular weight excluding hydrogens is 252 g/mol. The van der Waals surface area contributed by atoms with Gasteiger partial charge in [-0.25, -0.2) is 0 Å². The first-order chi connectivity index (χ1) is 9.72. The van der Waals surface area contributed by atoms with Crippen LogP contribution < -0.4 is 10.9 Å². The molecule has 2 heterocycles. The van der Waals surface area contributed by atoms with Crippen molar-refractivity contribution in [1.82, 2.24) is 4.57 Å². The third-order valence-corrected chi connectivity index (χ3v) is 3.70. The molecule has 0 bridgehead atoms. The summed E-state index contributed by atoms with van der Waals surface area (Å²) < 4.78 is 1.80. The summed E-state index contributed by atoms with van der Waals surface area (Å²) in [6.45, 7) is 2.96. The van der Waals surface area contributed by atoms with Crippen molar-refractivity contribution in [2.45, 2.75) is 58.2 Å². The molecule has 110 valence electrons. The summed E-state index contributed by atoms with van der Waals surface area (Å²) in [6.07, 6.45) is 10.1. The van der Waals surface area contributed by atoms with Crippen molar-refractivity contribution >= 4 is 11.8 Å². The predicted octanol–water partition coefficient (Wildman–Crippen LogP) is 2.97. The largest absolute Gasteiger partial charge is 0.370 e. The highest BCUT2D eigenvalue weighted by molar-refractivity contribution is 5.67. The Morgan fingerprint density at radius 1 is 1.20 bits per heavy atom. The average Bonchev–Trinajstić information content (AvgIpc) is 2.44. The highest BCUT2D eigenvalue weighted by atomic mass is 16.3. The Bertz CT molecular complexity index is 520. The molecule has 4 heteroatoms. The fraction of sp³-hybridized carbons (Fsp3) is 0.562. The van der Waals surface area contributed by atoms with Crippen molar-refractivity contribution in [3.05, 3.63) is 34.3 Å². The maximum absolute atomic E-state index is 12.0. The second-order valence-electron chi connectivity index (χ2n) is 5.34. The number of hydrogen-bond acceptors (Lipinski definition) is 3. The second-order valence-corrected chi connectivity index (χ2v) is 5.34. The van der Waals surface area contributed by atoms with Crippen LogP contribution in [0.25, 0.3) is 6.08 Å². The molecule has 1 atom stereocenters. The van der Waals surface area contributed by atoms with Crippen molar-refractivity contribution in [3.8, 4) is 0 Å². The Labute approximate surface area is 120 Å². The molecule has 0 aromatic carbocycles. The monoisotopic (exact) mass is 276 g/mol. The van der Waals surface area contributed by atoms with Crippen molar-refractivity contribution in [1.29, 1.82) is 0 Å². The molecular formula is C16H24N2O2. The van der Waals surface area contributed by atoms with E-state index < -0.39 is 6.23 Å². The van der Waals surface area contributed by atoms with E-state index in [9.17, 15) is 9.90 Å². The average molecular weight is 276 g/mol. The van der Waals surface area contributed by atoms with Gasteiger partial charge in [0.15, 0.2) is 0 Å². The van der Waals surface area contributed by atoms with Crippen molar-refractivity contribution < 1.29 is 5.11 Å². The van der Waals surface area contributed by atoms with Gasteiger partial charge < -0.3 is 15.0 Å². The number of aliphatic hydroxyl groups is 1. The summed E-state index contributed by atoms with van der Waals surface area (Å²) in [4.78, 5) is 12.0. The molecule has 0 spiro atoms. The van der Waals surface area contributed by atoms with Gasteiger partial charge in [-0.15, -0.1) is 0 Å². The topological polar surface area (TPSA) is 54.3 Å². The molecule has 4 nitrogen and oxygen atoms in total. The lowest BCUT2D eigenvalue weighted by atomic mass is 10.1. The van der Waals surface area contributed by atoms with Gasteiger partial charge >= 0.3 is 0 Å². The standard InChI is InChI=1S/C16H24N2O2/c1-2-3-4-5-6-7-12-18-14-9-10-15(19)17-13(14)8-11-16(18)20/h8-11,15,17,19H,2-7,12H2,1H3. The molecule has 0 amide bonds. The van der Waals surface area contributed by atoms with Gasteiger partial charge in [0, 0.05) is 12.6 Å². The van der Waals surface area contributed by atoms with Gasteiger partial charge in [0.25, 0.3) is 5.56 Å². The smallest absolute Gasteiger partial charge is 0.251 e. The Morgan fingerprint density at radius 3 is 2.75 bits per heavy atom. The SMILES string of the molecule is CCCCCCCCn1c2c(ccc1=O)NC(O)C=C2. The first-order valence-corrected chi connectivity index (χ1v) is 7.59. The molecule has 1 aliphatic rings. The number of unbranched alkanes of at least 4 members (excludes halogenated alkanes) is 5. The second kappa shape index (κ2) is 7.29. The number of fused-ring (bicyclic) bond motifs is 1. The van der Waals surface area contributed by atoms with Crippen LogP contribution in [0.3, 0.4) is 0 Å². The molecule has 0 aliphatic carbocycles. The van der Waals surface area contributed by atoms with Crippen LogP contribution in [0.15, 0.2) is 23.0 Å². The first kappa shape index (κ1) is 14.9. The molecule has 1 aliphatic heterocycles. The molecule has 1 aromatic rings. The van der Waals surface area contributed by atoms with Gasteiger partial charge in [0.2, 0.25) is 0 Å². The lowest BCUT2D eigenvalue weighted by molar-refractivity contribution is 0.252. The normalized spacial score (nSPS) is 16.8. The Hall–Kier alpha value is -1.55. The number of anilines is 1. The molecule has 0 radical (unpaired) electrons. The van der Waals surface area contributed by atoms with Gasteiger partial charge in [0.05, 0.1) is 11.4 Å². The van der Waals surface area contributed by atoms with E-state index in [4.69, 9.17) is 0 Å². The summed E-state index contributed by atoms with van der Waals surface area (Å²) in [7, 11) is 0. The molecule has 0 saturated heterocycles. The van der Waals surface area contributed by atoms with Crippen LogP contribution in [0, 0.1) is 0 Å². The molecule has 1 aromatic heterocycles. The number of pyridine rings is 1. The van der Waals surface area contributed by atoms with Crippen LogP contribution >= 0.6 is 0 Å². The van der Waals surface area contributed by atoms with Crippen LogP contribution in [0.2, 0.25) is 0 Å². The zero-order valence-electron chi connectivity index (χ0n) is 12.1. The van der Waals surface area contributed by atoms with Gasteiger partial charge in [-0.05, 0) is 24.6 Å². The van der Waals surface area contributed by atoms with Crippen LogP contribution in [0.4, 0.5) is 5.69 Å². The zero-order valence-corrected chi connectivity index (χ0v) is 12.1. The van der Waals surface area contributed by atoms with Crippen molar-refractivity contribution in [2.75, 3.05) is 5.32 Å². The summed E-state index contributed by atoms with van der Waals surface area (Å²) in [5, 5.41) is 12.5. The van der Waals surface area contributed by atoms with Crippen molar-refractivity contribution in [3.63, 3.8) is 0 Å². The maximum Gasteiger partial charge on any atom is 0.251 e. The van der Waals surface area contributed by atoms with E-state index in [1.807, 2.05) is 6.08 Å². The van der Waals surface area contributed by atoms with E-state index in [2.05, 4.69) is 12.2 Å². The predicted molar refractivity (Wildman–Crippen MR) is 82.7 cm³/mol. The van der Waals surface area contributed by atoms with Crippen LogP contribution in [0.1, 0.15) is 51.1 Å². The van der Waals surface area contributed by atoms with E-state index >= 15 is 0 Å². The molecule has 0 saturated carbocycles. The van der Waals surface area contributed by atoms with Crippen LogP contribution in [0.5, 0.6) is 0 Å². The molecule has 2 rings (SSSR count). The number of nitrogens with zero attached hydrogens (tertiary/aromatic N) is 1. The number of aromatic nitrogens is 1. The molecule has 2 N–H and O–H groups in total. The molecule has 1 unspecified atom stereocenters. The lowest BCUT2D eigenvalue weighted by Gasteiger charge is -2.21. The number of rotatable bonds is 7. The fourth-order valence-corrected chi connectivity index (χ4v) is 2.57. The third kappa shape index (κ3) is 3.73. The van der Waals surface area contributed by atoms with Gasteiger partial charge in [-0.2, -0.15) is 0 Å². The van der Waals surface area contributed by atoms with Crippen molar-refractivity contribution in [2.24, 2.45) is 0 Å². The van der Waals surface area contributed by atoms with E-state index in [0.717, 1.165) is 30.8 Å². The van der Waals surface area contributed by atoms with Crippen LogP contribution in [-0.4, -0.2) is 15.9 Å². The summed E-state index contributed by atoms with van der Waals surface area (Å²) >= 11 is 0. The first-order valence-electron chi connectivity index (χ1n) is 7.59. The zero-order chi connectivity index (χ0) is 14.4. The van der Waals surface area contributed by atoms with Crippen LogP contribution in [-0.2, 0) is 6.54 Å². The Kier molecular flexibility index (Phi) is 5.41. The number of hydrogen-bond donors (Lipinski definition) is 2. The fourth-order valence-electron chi connectivity index (χ4n) is 2.57. The summed E-state index contributed by atoms with van der Waals surface area (Å²) in [6, 6.07) is 3.30. The minimum atomic E-state index is -0.664. The van der Waals surface area contributed by atoms with E-state index in [1.54, 1.807) is 22.8 Å². The minimum absolute atomic E-state index is 0.0279. The number of aliphatic hydroxyl groups excluding tert-OH is 1. The summed E-state index contributed by atoms with van der Waals surface area (Å²) in [5.74, 6) is 0. The lowest BCUT2D eigenvalue weighted by Crippen LogP contribution is -2.27.